The van der Waals surface area contributed by atoms with Gasteiger partial charge >= 0.3 is 0 Å². The van der Waals surface area contributed by atoms with Crippen molar-refractivity contribution in [2.45, 2.75) is 19.0 Å². The third-order valence-corrected chi connectivity index (χ3v) is 3.25. The fourth-order valence-electron chi connectivity index (χ4n) is 2.34. The number of benzene rings is 1. The van der Waals surface area contributed by atoms with Gasteiger partial charge in [-0.05, 0) is 5.56 Å². The molecule has 0 N–H and O–H groups in total. The second-order valence-corrected chi connectivity index (χ2v) is 4.53. The van der Waals surface area contributed by atoms with E-state index in [1.165, 1.54) is 0 Å². The Bertz CT molecular complexity index is 414. The summed E-state index contributed by atoms with van der Waals surface area (Å²) in [5.41, 5.74) is 0.981. The Labute approximate surface area is 103 Å². The molecule has 1 heterocycles. The molecule has 0 aromatic heterocycles. The molecule has 6 heteroatoms. The maximum absolute atomic E-state index is 12.7. The van der Waals surface area contributed by atoms with Crippen molar-refractivity contribution in [3.8, 4) is 0 Å². The monoisotopic (exact) mass is 256 g/mol. The Kier molecular flexibility index (Phi) is 3.86. The van der Waals surface area contributed by atoms with Gasteiger partial charge in [-0.2, -0.15) is 0 Å². The van der Waals surface area contributed by atoms with Gasteiger partial charge in [0.15, 0.2) is 0 Å². The summed E-state index contributed by atoms with van der Waals surface area (Å²) in [6.45, 7) is 0.656. The molecule has 1 aromatic rings. The SMILES string of the molecule is O=[N+]([O-])[C@@H]1CN(Cc2ccccc2)C[C@H]1C(F)F. The van der Waals surface area contributed by atoms with Gasteiger partial charge in [0.2, 0.25) is 12.5 Å². The molecule has 0 radical (unpaired) electrons. The van der Waals surface area contributed by atoms with E-state index in [2.05, 4.69) is 0 Å². The lowest BCUT2D eigenvalue weighted by molar-refractivity contribution is -0.528. The molecule has 1 saturated heterocycles. The zero-order chi connectivity index (χ0) is 13.1. The molecule has 0 unspecified atom stereocenters. The summed E-state index contributed by atoms with van der Waals surface area (Å²) in [4.78, 5) is 11.9. The van der Waals surface area contributed by atoms with Gasteiger partial charge in [0, 0.05) is 18.0 Å². The molecular weight excluding hydrogens is 242 g/mol. The van der Waals surface area contributed by atoms with Gasteiger partial charge in [-0.3, -0.25) is 15.0 Å². The normalized spacial score (nSPS) is 24.6. The standard InChI is InChI=1S/C12H14F2N2O2/c13-12(14)10-7-15(8-11(10)16(17)18)6-9-4-2-1-3-5-9/h1-5,10-12H,6-8H2/t10-,11-/m1/s1. The number of nitro groups is 1. The molecule has 0 amide bonds. The van der Waals surface area contributed by atoms with Gasteiger partial charge in [-0.1, -0.05) is 30.3 Å². The maximum Gasteiger partial charge on any atom is 0.249 e. The smallest absolute Gasteiger partial charge is 0.249 e. The van der Waals surface area contributed by atoms with Gasteiger partial charge in [-0.15, -0.1) is 0 Å². The zero-order valence-corrected chi connectivity index (χ0v) is 9.71. The Morgan fingerprint density at radius 3 is 2.50 bits per heavy atom. The predicted molar refractivity (Wildman–Crippen MR) is 62.0 cm³/mol. The minimum absolute atomic E-state index is 0.0816. The van der Waals surface area contributed by atoms with Gasteiger partial charge in [0.05, 0.1) is 6.54 Å². The number of alkyl halides is 2. The third-order valence-electron chi connectivity index (χ3n) is 3.25. The molecule has 0 saturated carbocycles. The predicted octanol–water partition coefficient (Wildman–Crippen LogP) is 2.03. The number of halogens is 2. The lowest BCUT2D eigenvalue weighted by Crippen LogP contribution is -2.32. The molecule has 0 bridgehead atoms. The van der Waals surface area contributed by atoms with Gasteiger partial charge < -0.3 is 0 Å². The molecule has 2 rings (SSSR count). The Morgan fingerprint density at radius 2 is 2.00 bits per heavy atom. The van der Waals surface area contributed by atoms with Crippen molar-refractivity contribution in [2.75, 3.05) is 13.1 Å². The Hall–Kier alpha value is -1.56. The van der Waals surface area contributed by atoms with Crippen molar-refractivity contribution in [3.05, 3.63) is 46.0 Å². The van der Waals surface area contributed by atoms with Crippen LogP contribution >= 0.6 is 0 Å². The average molecular weight is 256 g/mol. The van der Waals surface area contributed by atoms with E-state index in [1.807, 2.05) is 30.3 Å². The first kappa shape index (κ1) is 12.9. The lowest BCUT2D eigenvalue weighted by Gasteiger charge is -2.14. The number of hydrogen-bond donors (Lipinski definition) is 0. The van der Waals surface area contributed by atoms with Crippen molar-refractivity contribution < 1.29 is 13.7 Å². The summed E-state index contributed by atoms with van der Waals surface area (Å²) in [6.07, 6.45) is -2.64. The minimum atomic E-state index is -2.64. The third kappa shape index (κ3) is 2.81. The van der Waals surface area contributed by atoms with Crippen molar-refractivity contribution >= 4 is 0 Å². The highest BCUT2D eigenvalue weighted by molar-refractivity contribution is 5.14. The lowest BCUT2D eigenvalue weighted by atomic mass is 10.1. The first-order valence-electron chi connectivity index (χ1n) is 5.76. The van der Waals surface area contributed by atoms with Crippen molar-refractivity contribution in [1.82, 2.24) is 4.90 Å². The molecular formula is C12H14F2N2O2. The number of rotatable bonds is 4. The van der Waals surface area contributed by atoms with Gasteiger partial charge in [-0.25, -0.2) is 8.78 Å². The fraction of sp³-hybridized carbons (Fsp3) is 0.500. The second kappa shape index (κ2) is 5.39. The number of hydrogen-bond acceptors (Lipinski definition) is 3. The van der Waals surface area contributed by atoms with Gasteiger partial charge in [0.1, 0.15) is 5.92 Å². The molecule has 98 valence electrons. The Morgan fingerprint density at radius 1 is 1.33 bits per heavy atom. The van der Waals surface area contributed by atoms with Crippen LogP contribution < -0.4 is 0 Å². The summed E-state index contributed by atoms with van der Waals surface area (Å²) >= 11 is 0. The van der Waals surface area contributed by atoms with E-state index in [-0.39, 0.29) is 13.1 Å². The second-order valence-electron chi connectivity index (χ2n) is 4.53. The van der Waals surface area contributed by atoms with Crippen LogP contribution in [0.15, 0.2) is 30.3 Å². The highest BCUT2D eigenvalue weighted by Gasteiger charge is 2.45. The van der Waals surface area contributed by atoms with E-state index in [0.29, 0.717) is 6.54 Å². The van der Waals surface area contributed by atoms with E-state index in [0.717, 1.165) is 5.56 Å². The molecule has 2 atom stereocenters. The zero-order valence-electron chi connectivity index (χ0n) is 9.71. The van der Waals surface area contributed by atoms with Crippen LogP contribution in [0.1, 0.15) is 5.56 Å². The summed E-state index contributed by atoms with van der Waals surface area (Å²) in [5.74, 6) is -1.16. The molecule has 0 spiro atoms. The largest absolute Gasteiger partial charge is 0.292 e. The molecule has 1 aliphatic rings. The Balaban J connectivity index is 2.03. The first-order valence-corrected chi connectivity index (χ1v) is 5.76. The van der Waals surface area contributed by atoms with E-state index in [4.69, 9.17) is 0 Å². The van der Waals surface area contributed by atoms with Crippen LogP contribution in [-0.2, 0) is 6.54 Å². The van der Waals surface area contributed by atoms with Crippen molar-refractivity contribution in [2.24, 2.45) is 5.92 Å². The molecule has 4 nitrogen and oxygen atoms in total. The maximum atomic E-state index is 12.7. The molecule has 18 heavy (non-hydrogen) atoms. The first-order chi connectivity index (χ1) is 8.58. The van der Waals surface area contributed by atoms with Gasteiger partial charge in [0.25, 0.3) is 0 Å². The minimum Gasteiger partial charge on any atom is -0.292 e. The van der Waals surface area contributed by atoms with Crippen LogP contribution in [-0.4, -0.2) is 35.4 Å². The summed E-state index contributed by atoms with van der Waals surface area (Å²) in [5, 5.41) is 10.8. The summed E-state index contributed by atoms with van der Waals surface area (Å²) < 4.78 is 25.5. The molecule has 0 aliphatic carbocycles. The van der Waals surface area contributed by atoms with E-state index in [1.54, 1.807) is 4.90 Å². The van der Waals surface area contributed by atoms with Crippen LogP contribution in [0.25, 0.3) is 0 Å². The average Bonchev–Trinajstić information content (AvgIpc) is 2.74. The van der Waals surface area contributed by atoms with Crippen LogP contribution in [0.5, 0.6) is 0 Å². The quantitative estimate of drug-likeness (QED) is 0.611. The topological polar surface area (TPSA) is 46.4 Å². The van der Waals surface area contributed by atoms with Crippen LogP contribution in [0, 0.1) is 16.0 Å². The van der Waals surface area contributed by atoms with Crippen molar-refractivity contribution in [3.63, 3.8) is 0 Å². The van der Waals surface area contributed by atoms with E-state index >= 15 is 0 Å². The van der Waals surface area contributed by atoms with Crippen molar-refractivity contribution in [1.29, 1.82) is 0 Å². The summed E-state index contributed by atoms with van der Waals surface area (Å²) in [7, 11) is 0. The van der Waals surface area contributed by atoms with Crippen LogP contribution in [0.3, 0.4) is 0 Å². The van der Waals surface area contributed by atoms with Crippen LogP contribution in [0.4, 0.5) is 8.78 Å². The van der Waals surface area contributed by atoms with E-state index in [9.17, 15) is 18.9 Å². The highest BCUT2D eigenvalue weighted by Crippen LogP contribution is 2.26. The van der Waals surface area contributed by atoms with Crippen LogP contribution in [0.2, 0.25) is 0 Å². The molecule has 1 fully saturated rings. The highest BCUT2D eigenvalue weighted by atomic mass is 19.3. The fourth-order valence-corrected chi connectivity index (χ4v) is 2.34. The molecule has 1 aliphatic heterocycles. The number of nitrogens with zero attached hydrogens (tertiary/aromatic N) is 2. The number of likely N-dealkylation sites (tertiary alicyclic amines) is 1. The molecule has 1 aromatic carbocycles. The van der Waals surface area contributed by atoms with E-state index < -0.39 is 23.3 Å². The summed E-state index contributed by atoms with van der Waals surface area (Å²) in [6, 6.07) is 8.21.